The van der Waals surface area contributed by atoms with Crippen LogP contribution in [0.5, 0.6) is 0 Å². The molecule has 0 radical (unpaired) electrons. The van der Waals surface area contributed by atoms with Crippen molar-refractivity contribution in [1.29, 1.82) is 0 Å². The molecule has 0 unspecified atom stereocenters. The molecule has 0 saturated heterocycles. The molecule has 1 saturated carbocycles. The summed E-state index contributed by atoms with van der Waals surface area (Å²) in [5.74, 6) is 0.614. The number of hydrogen-bond acceptors (Lipinski definition) is 4. The number of hydrogen-bond donors (Lipinski definition) is 2. The van der Waals surface area contributed by atoms with Gasteiger partial charge in [-0.15, -0.1) is 0 Å². The SMILES string of the molecule is NC1CCC(Nc2nccc(Cl)n2)CC1. The van der Waals surface area contributed by atoms with Gasteiger partial charge in [-0.05, 0) is 31.7 Å². The van der Waals surface area contributed by atoms with Gasteiger partial charge in [0.2, 0.25) is 5.95 Å². The van der Waals surface area contributed by atoms with Crippen molar-refractivity contribution in [3.8, 4) is 0 Å². The van der Waals surface area contributed by atoms with Gasteiger partial charge in [-0.2, -0.15) is 0 Å². The number of rotatable bonds is 2. The van der Waals surface area contributed by atoms with E-state index in [2.05, 4.69) is 15.3 Å². The minimum atomic E-state index is 0.364. The molecule has 0 amide bonds. The summed E-state index contributed by atoms with van der Waals surface area (Å²) in [6.07, 6.45) is 5.96. The zero-order valence-electron chi connectivity index (χ0n) is 8.49. The molecular formula is C10H15ClN4. The Balaban J connectivity index is 1.92. The van der Waals surface area contributed by atoms with Crippen molar-refractivity contribution in [1.82, 2.24) is 9.97 Å². The van der Waals surface area contributed by atoms with Gasteiger partial charge in [-0.1, -0.05) is 11.6 Å². The average Bonchev–Trinajstić information content (AvgIpc) is 2.22. The van der Waals surface area contributed by atoms with Crippen LogP contribution in [0.4, 0.5) is 5.95 Å². The molecule has 2 rings (SSSR count). The number of nitrogens with one attached hydrogen (secondary N) is 1. The second kappa shape index (κ2) is 4.77. The summed E-state index contributed by atoms with van der Waals surface area (Å²) in [5.41, 5.74) is 5.83. The normalized spacial score (nSPS) is 26.3. The van der Waals surface area contributed by atoms with Crippen molar-refractivity contribution in [2.24, 2.45) is 5.73 Å². The van der Waals surface area contributed by atoms with Gasteiger partial charge < -0.3 is 11.1 Å². The van der Waals surface area contributed by atoms with E-state index < -0.39 is 0 Å². The second-order valence-corrected chi connectivity index (χ2v) is 4.35. The van der Waals surface area contributed by atoms with E-state index >= 15 is 0 Å². The van der Waals surface area contributed by atoms with Crippen molar-refractivity contribution in [3.63, 3.8) is 0 Å². The number of nitrogens with zero attached hydrogens (tertiary/aromatic N) is 2. The molecule has 82 valence electrons. The highest BCUT2D eigenvalue weighted by molar-refractivity contribution is 6.29. The van der Waals surface area contributed by atoms with Gasteiger partial charge in [0.05, 0.1) is 0 Å². The minimum Gasteiger partial charge on any atom is -0.351 e. The van der Waals surface area contributed by atoms with E-state index in [0.29, 0.717) is 23.2 Å². The van der Waals surface area contributed by atoms with Crippen LogP contribution in [0.2, 0.25) is 5.15 Å². The van der Waals surface area contributed by atoms with E-state index in [1.165, 1.54) is 0 Å². The van der Waals surface area contributed by atoms with Crippen LogP contribution in [0, 0.1) is 0 Å². The molecule has 15 heavy (non-hydrogen) atoms. The summed E-state index contributed by atoms with van der Waals surface area (Å²) in [6, 6.07) is 2.47. The van der Waals surface area contributed by atoms with Crippen LogP contribution < -0.4 is 11.1 Å². The molecule has 1 aromatic heterocycles. The lowest BCUT2D eigenvalue weighted by Crippen LogP contribution is -2.33. The van der Waals surface area contributed by atoms with E-state index in [-0.39, 0.29) is 0 Å². The Morgan fingerprint density at radius 3 is 2.73 bits per heavy atom. The Labute approximate surface area is 94.2 Å². The predicted molar refractivity (Wildman–Crippen MR) is 60.9 cm³/mol. The summed E-state index contributed by atoms with van der Waals surface area (Å²) in [5, 5.41) is 3.75. The molecule has 5 heteroatoms. The lowest BCUT2D eigenvalue weighted by atomic mass is 9.92. The smallest absolute Gasteiger partial charge is 0.224 e. The first-order valence-corrected chi connectivity index (χ1v) is 5.62. The standard InChI is InChI=1S/C10H15ClN4/c11-9-5-6-13-10(15-9)14-8-3-1-7(12)2-4-8/h5-8H,1-4,12H2,(H,13,14,15). The third-order valence-electron chi connectivity index (χ3n) is 2.73. The van der Waals surface area contributed by atoms with Gasteiger partial charge in [0.15, 0.2) is 0 Å². The van der Waals surface area contributed by atoms with Crippen LogP contribution in [0.1, 0.15) is 25.7 Å². The van der Waals surface area contributed by atoms with Crippen molar-refractivity contribution in [2.75, 3.05) is 5.32 Å². The van der Waals surface area contributed by atoms with Crippen LogP contribution in [0.3, 0.4) is 0 Å². The molecule has 1 aliphatic carbocycles. The molecule has 1 heterocycles. The Hall–Kier alpha value is -0.870. The van der Waals surface area contributed by atoms with Crippen molar-refractivity contribution >= 4 is 17.5 Å². The van der Waals surface area contributed by atoms with Crippen LogP contribution in [-0.2, 0) is 0 Å². The number of aromatic nitrogens is 2. The fraction of sp³-hybridized carbons (Fsp3) is 0.600. The summed E-state index contributed by atoms with van der Waals surface area (Å²) in [4.78, 5) is 8.21. The van der Waals surface area contributed by atoms with Crippen molar-refractivity contribution < 1.29 is 0 Å². The van der Waals surface area contributed by atoms with E-state index in [1.807, 2.05) is 0 Å². The largest absolute Gasteiger partial charge is 0.351 e. The predicted octanol–water partition coefficient (Wildman–Crippen LogP) is 1.81. The van der Waals surface area contributed by atoms with E-state index in [1.54, 1.807) is 12.3 Å². The minimum absolute atomic E-state index is 0.364. The molecule has 0 aromatic carbocycles. The highest BCUT2D eigenvalue weighted by Gasteiger charge is 2.18. The van der Waals surface area contributed by atoms with E-state index in [9.17, 15) is 0 Å². The number of anilines is 1. The molecule has 3 N–H and O–H groups in total. The lowest BCUT2D eigenvalue weighted by Gasteiger charge is -2.26. The first kappa shape index (κ1) is 10.6. The van der Waals surface area contributed by atoms with E-state index in [0.717, 1.165) is 25.7 Å². The van der Waals surface area contributed by atoms with Crippen molar-refractivity contribution in [2.45, 2.75) is 37.8 Å². The number of nitrogens with two attached hydrogens (primary N) is 1. The lowest BCUT2D eigenvalue weighted by molar-refractivity contribution is 0.410. The van der Waals surface area contributed by atoms with Crippen LogP contribution in [-0.4, -0.2) is 22.1 Å². The average molecular weight is 227 g/mol. The van der Waals surface area contributed by atoms with Crippen molar-refractivity contribution in [3.05, 3.63) is 17.4 Å². The van der Waals surface area contributed by atoms with Gasteiger partial charge >= 0.3 is 0 Å². The van der Waals surface area contributed by atoms with Crippen LogP contribution in [0.15, 0.2) is 12.3 Å². The third kappa shape index (κ3) is 3.04. The summed E-state index contributed by atoms with van der Waals surface area (Å²) in [6.45, 7) is 0. The Kier molecular flexibility index (Phi) is 3.38. The highest BCUT2D eigenvalue weighted by atomic mass is 35.5. The fourth-order valence-electron chi connectivity index (χ4n) is 1.85. The van der Waals surface area contributed by atoms with Gasteiger partial charge in [0.1, 0.15) is 5.15 Å². The molecule has 1 aliphatic rings. The zero-order chi connectivity index (χ0) is 10.7. The van der Waals surface area contributed by atoms with Gasteiger partial charge in [0.25, 0.3) is 0 Å². The maximum Gasteiger partial charge on any atom is 0.224 e. The molecule has 4 nitrogen and oxygen atoms in total. The maximum absolute atomic E-state index is 5.83. The fourth-order valence-corrected chi connectivity index (χ4v) is 1.99. The quantitative estimate of drug-likeness (QED) is 0.755. The van der Waals surface area contributed by atoms with Crippen LogP contribution >= 0.6 is 11.6 Å². The first-order valence-electron chi connectivity index (χ1n) is 5.25. The Bertz CT molecular complexity index is 323. The van der Waals surface area contributed by atoms with E-state index in [4.69, 9.17) is 17.3 Å². The maximum atomic E-state index is 5.83. The molecule has 1 aromatic rings. The Morgan fingerprint density at radius 2 is 2.07 bits per heavy atom. The van der Waals surface area contributed by atoms with Gasteiger partial charge in [0, 0.05) is 18.3 Å². The highest BCUT2D eigenvalue weighted by Crippen LogP contribution is 2.19. The summed E-state index contributed by atoms with van der Waals surface area (Å²) in [7, 11) is 0. The molecule has 0 atom stereocenters. The summed E-state index contributed by atoms with van der Waals surface area (Å²) >= 11 is 5.77. The monoisotopic (exact) mass is 226 g/mol. The molecular weight excluding hydrogens is 212 g/mol. The Morgan fingerprint density at radius 1 is 1.33 bits per heavy atom. The topological polar surface area (TPSA) is 63.8 Å². The zero-order valence-corrected chi connectivity index (χ0v) is 9.24. The van der Waals surface area contributed by atoms with Crippen LogP contribution in [0.25, 0.3) is 0 Å². The first-order chi connectivity index (χ1) is 7.24. The van der Waals surface area contributed by atoms with Gasteiger partial charge in [-0.25, -0.2) is 9.97 Å². The summed E-state index contributed by atoms with van der Waals surface area (Å²) < 4.78 is 0. The van der Waals surface area contributed by atoms with Gasteiger partial charge in [-0.3, -0.25) is 0 Å². The number of halogens is 1. The molecule has 1 fully saturated rings. The molecule has 0 bridgehead atoms. The second-order valence-electron chi connectivity index (χ2n) is 3.96. The third-order valence-corrected chi connectivity index (χ3v) is 2.94. The molecule has 0 spiro atoms. The molecule has 0 aliphatic heterocycles.